The third-order valence-corrected chi connectivity index (χ3v) is 5.38. The lowest BCUT2D eigenvalue weighted by Crippen LogP contribution is -2.14. The maximum absolute atomic E-state index is 12.3. The molecule has 0 saturated carbocycles. The molecule has 0 atom stereocenters. The van der Waals surface area contributed by atoms with Gasteiger partial charge in [-0.3, -0.25) is 10.1 Å². The molecule has 1 amide bonds. The Morgan fingerprint density at radius 2 is 2.03 bits per heavy atom. The number of amides is 1. The van der Waals surface area contributed by atoms with Crippen LogP contribution in [0.3, 0.4) is 0 Å². The van der Waals surface area contributed by atoms with Crippen LogP contribution >= 0.6 is 11.8 Å². The molecule has 0 bridgehead atoms. The largest absolute Gasteiger partial charge is 0.338 e. The highest BCUT2D eigenvalue weighted by Crippen LogP contribution is 2.27. The normalized spacial score (nSPS) is 12.0. The van der Waals surface area contributed by atoms with E-state index < -0.39 is 0 Å². The lowest BCUT2D eigenvalue weighted by Gasteiger charge is -2.12. The van der Waals surface area contributed by atoms with Gasteiger partial charge in [0.1, 0.15) is 5.52 Å². The average molecular weight is 411 g/mol. The molecule has 0 aliphatic rings. The number of carbonyl (C=O) groups is 1. The number of rotatable bonds is 5. The van der Waals surface area contributed by atoms with Gasteiger partial charge in [-0.2, -0.15) is 0 Å². The zero-order valence-electron chi connectivity index (χ0n) is 16.8. The SMILES string of the molecule is CCn1c2ccccc2c2nnc(SCC(=O)Nc3cc(C(C)(C)C)no3)nc21. The molecule has 4 aromatic rings. The first-order chi connectivity index (χ1) is 13.9. The van der Waals surface area contributed by atoms with E-state index in [0.29, 0.717) is 11.0 Å². The molecule has 1 N–H and O–H groups in total. The van der Waals surface area contributed by atoms with E-state index in [1.54, 1.807) is 6.07 Å². The van der Waals surface area contributed by atoms with Gasteiger partial charge in [-0.1, -0.05) is 55.9 Å². The molecule has 0 fully saturated rings. The van der Waals surface area contributed by atoms with E-state index in [1.165, 1.54) is 11.8 Å². The molecule has 4 rings (SSSR count). The van der Waals surface area contributed by atoms with Crippen molar-refractivity contribution >= 4 is 45.6 Å². The van der Waals surface area contributed by atoms with Crippen LogP contribution in [-0.4, -0.2) is 36.6 Å². The van der Waals surface area contributed by atoms with E-state index in [-0.39, 0.29) is 17.1 Å². The van der Waals surface area contributed by atoms with E-state index in [4.69, 9.17) is 4.52 Å². The van der Waals surface area contributed by atoms with Crippen LogP contribution in [0.5, 0.6) is 0 Å². The second-order valence-electron chi connectivity index (χ2n) is 7.69. The predicted molar refractivity (Wildman–Crippen MR) is 113 cm³/mol. The summed E-state index contributed by atoms with van der Waals surface area (Å²) in [5, 5.41) is 16.7. The number of hydrogen-bond donors (Lipinski definition) is 1. The first-order valence-electron chi connectivity index (χ1n) is 9.38. The molecule has 9 heteroatoms. The van der Waals surface area contributed by atoms with Crippen LogP contribution < -0.4 is 5.32 Å². The molecule has 3 heterocycles. The minimum Gasteiger partial charge on any atom is -0.338 e. The van der Waals surface area contributed by atoms with Crippen molar-refractivity contribution in [2.75, 3.05) is 11.1 Å². The van der Waals surface area contributed by atoms with Crippen molar-refractivity contribution in [3.63, 3.8) is 0 Å². The summed E-state index contributed by atoms with van der Waals surface area (Å²) >= 11 is 1.23. The van der Waals surface area contributed by atoms with Gasteiger partial charge in [0.05, 0.1) is 17.0 Å². The molecule has 0 saturated heterocycles. The van der Waals surface area contributed by atoms with Crippen molar-refractivity contribution in [2.24, 2.45) is 0 Å². The van der Waals surface area contributed by atoms with Crippen LogP contribution in [-0.2, 0) is 16.8 Å². The van der Waals surface area contributed by atoms with Gasteiger partial charge in [0.2, 0.25) is 16.9 Å². The second-order valence-corrected chi connectivity index (χ2v) is 8.63. The van der Waals surface area contributed by atoms with Crippen LogP contribution in [0.25, 0.3) is 22.1 Å². The Labute approximate surface area is 172 Å². The number of benzene rings is 1. The van der Waals surface area contributed by atoms with E-state index >= 15 is 0 Å². The minimum absolute atomic E-state index is 0.144. The molecule has 0 spiro atoms. The Morgan fingerprint density at radius 3 is 2.76 bits per heavy atom. The summed E-state index contributed by atoms with van der Waals surface area (Å²) in [6.45, 7) is 8.93. The number of aryl methyl sites for hydroxylation is 1. The maximum atomic E-state index is 12.3. The standard InChI is InChI=1S/C20H22N6O2S/c1-5-26-13-9-7-6-8-12(13)17-18(26)22-19(24-23-17)29-11-15(27)21-16-10-14(25-28-16)20(2,3)4/h6-10H,5,11H2,1-4H3,(H,21,27). The Bertz CT molecular complexity index is 1190. The molecule has 8 nitrogen and oxygen atoms in total. The fraction of sp³-hybridized carbons (Fsp3) is 0.350. The number of anilines is 1. The van der Waals surface area contributed by atoms with Gasteiger partial charge in [0, 0.05) is 23.4 Å². The smallest absolute Gasteiger partial charge is 0.237 e. The van der Waals surface area contributed by atoms with Crippen LogP contribution in [0.1, 0.15) is 33.4 Å². The Morgan fingerprint density at radius 1 is 1.24 bits per heavy atom. The monoisotopic (exact) mass is 410 g/mol. The summed E-state index contributed by atoms with van der Waals surface area (Å²) < 4.78 is 7.30. The predicted octanol–water partition coefficient (Wildman–Crippen LogP) is 4.02. The average Bonchev–Trinajstić information content (AvgIpc) is 3.28. The summed E-state index contributed by atoms with van der Waals surface area (Å²) in [5.74, 6) is 0.262. The zero-order chi connectivity index (χ0) is 20.6. The molecule has 0 unspecified atom stereocenters. The molecule has 3 aromatic heterocycles. The summed E-state index contributed by atoms with van der Waals surface area (Å²) in [6, 6.07) is 9.78. The van der Waals surface area contributed by atoms with Crippen molar-refractivity contribution in [1.82, 2.24) is 24.9 Å². The van der Waals surface area contributed by atoms with Crippen molar-refractivity contribution < 1.29 is 9.32 Å². The molecule has 1 aromatic carbocycles. The fourth-order valence-electron chi connectivity index (χ4n) is 3.06. The summed E-state index contributed by atoms with van der Waals surface area (Å²) in [5.41, 5.74) is 3.26. The minimum atomic E-state index is -0.216. The number of nitrogens with zero attached hydrogens (tertiary/aromatic N) is 5. The molecule has 0 radical (unpaired) electrons. The Balaban J connectivity index is 1.49. The lowest BCUT2D eigenvalue weighted by molar-refractivity contribution is -0.113. The van der Waals surface area contributed by atoms with Crippen LogP contribution in [0, 0.1) is 0 Å². The van der Waals surface area contributed by atoms with Gasteiger partial charge in [0.25, 0.3) is 0 Å². The summed E-state index contributed by atoms with van der Waals surface area (Å²) in [7, 11) is 0. The van der Waals surface area contributed by atoms with Crippen LogP contribution in [0.15, 0.2) is 40.0 Å². The van der Waals surface area contributed by atoms with E-state index in [0.717, 1.165) is 34.3 Å². The molecular formula is C20H22N6O2S. The zero-order valence-corrected chi connectivity index (χ0v) is 17.6. The number of fused-ring (bicyclic) bond motifs is 3. The number of aromatic nitrogens is 5. The second kappa shape index (κ2) is 7.47. The number of nitrogens with one attached hydrogen (secondary N) is 1. The van der Waals surface area contributed by atoms with Gasteiger partial charge in [-0.15, -0.1) is 10.2 Å². The molecular weight excluding hydrogens is 388 g/mol. The Kier molecular flexibility index (Phi) is 4.99. The van der Waals surface area contributed by atoms with Gasteiger partial charge >= 0.3 is 0 Å². The highest BCUT2D eigenvalue weighted by molar-refractivity contribution is 7.99. The third kappa shape index (κ3) is 3.82. The van der Waals surface area contributed by atoms with Crippen molar-refractivity contribution in [3.05, 3.63) is 36.0 Å². The molecule has 150 valence electrons. The number of hydrogen-bond acceptors (Lipinski definition) is 7. The first kappa shape index (κ1) is 19.4. The van der Waals surface area contributed by atoms with Crippen molar-refractivity contribution in [3.8, 4) is 0 Å². The molecule has 29 heavy (non-hydrogen) atoms. The van der Waals surface area contributed by atoms with E-state index in [1.807, 2.05) is 45.0 Å². The van der Waals surface area contributed by atoms with Crippen LogP contribution in [0.4, 0.5) is 5.88 Å². The van der Waals surface area contributed by atoms with Gasteiger partial charge < -0.3 is 9.09 Å². The number of thioether (sulfide) groups is 1. The molecule has 0 aliphatic carbocycles. The van der Waals surface area contributed by atoms with E-state index in [9.17, 15) is 4.79 Å². The van der Waals surface area contributed by atoms with Gasteiger partial charge in [0.15, 0.2) is 5.65 Å². The fourth-order valence-corrected chi connectivity index (χ4v) is 3.64. The topological polar surface area (TPSA) is 98.7 Å². The highest BCUT2D eigenvalue weighted by atomic mass is 32.2. The van der Waals surface area contributed by atoms with Gasteiger partial charge in [-0.25, -0.2) is 4.98 Å². The maximum Gasteiger partial charge on any atom is 0.237 e. The van der Waals surface area contributed by atoms with Crippen molar-refractivity contribution in [2.45, 2.75) is 44.8 Å². The Hall–Kier alpha value is -2.94. The highest BCUT2D eigenvalue weighted by Gasteiger charge is 2.20. The third-order valence-electron chi connectivity index (χ3n) is 4.54. The number of para-hydroxylation sites is 1. The quantitative estimate of drug-likeness (QED) is 0.496. The summed E-state index contributed by atoms with van der Waals surface area (Å²) in [4.78, 5) is 16.9. The van der Waals surface area contributed by atoms with Crippen molar-refractivity contribution in [1.29, 1.82) is 0 Å². The molecule has 0 aliphatic heterocycles. The van der Waals surface area contributed by atoms with Crippen LogP contribution in [0.2, 0.25) is 0 Å². The number of carbonyl (C=O) groups excluding carboxylic acids is 1. The first-order valence-corrected chi connectivity index (χ1v) is 10.4. The van der Waals surface area contributed by atoms with Gasteiger partial charge in [-0.05, 0) is 13.0 Å². The van der Waals surface area contributed by atoms with E-state index in [2.05, 4.69) is 37.1 Å². The summed E-state index contributed by atoms with van der Waals surface area (Å²) in [6.07, 6.45) is 0. The lowest BCUT2D eigenvalue weighted by atomic mass is 9.92.